The lowest BCUT2D eigenvalue weighted by molar-refractivity contribution is -0.114. The summed E-state index contributed by atoms with van der Waals surface area (Å²) in [6.45, 7) is 28.8. The first-order chi connectivity index (χ1) is 23.0. The van der Waals surface area contributed by atoms with E-state index in [4.69, 9.17) is 0 Å². The first-order valence-electron chi connectivity index (χ1n) is 17.4. The van der Waals surface area contributed by atoms with E-state index >= 15 is 0 Å². The van der Waals surface area contributed by atoms with Gasteiger partial charge < -0.3 is 0 Å². The van der Waals surface area contributed by atoms with Gasteiger partial charge in [0.05, 0.1) is 23.8 Å². The van der Waals surface area contributed by atoms with E-state index in [9.17, 15) is 9.59 Å². The number of ketones is 2. The minimum atomic E-state index is -0.278. The van der Waals surface area contributed by atoms with Crippen LogP contribution in [-0.2, 0) is 9.59 Å². The molecule has 4 rings (SSSR count). The zero-order valence-corrected chi connectivity index (χ0v) is 32.5. The number of rotatable bonds is 5. The van der Waals surface area contributed by atoms with Crippen LogP contribution >= 0.6 is 0 Å². The van der Waals surface area contributed by atoms with Crippen molar-refractivity contribution in [3.05, 3.63) is 118 Å². The molecular weight excluding hydrogens is 617 g/mol. The largest absolute Gasteiger partial charge is 0.289 e. The third kappa shape index (κ3) is 8.95. The summed E-state index contributed by atoms with van der Waals surface area (Å²) in [6, 6.07) is 12.2. The maximum atomic E-state index is 13.3. The maximum absolute atomic E-state index is 13.3. The number of nitrogens with zero attached hydrogens (tertiary/aromatic N) is 4. The smallest absolute Gasteiger partial charge is 0.186 e. The Balaban J connectivity index is 1.55. The monoisotopic (exact) mass is 670 g/mol. The molecular formula is C44H54N4O2. The third-order valence-corrected chi connectivity index (χ3v) is 8.93. The van der Waals surface area contributed by atoms with Crippen LogP contribution in [0.15, 0.2) is 127 Å². The summed E-state index contributed by atoms with van der Waals surface area (Å²) in [6.07, 6.45) is 11.2. The first kappa shape index (κ1) is 38.2. The molecule has 2 aliphatic carbocycles. The van der Waals surface area contributed by atoms with Crippen molar-refractivity contribution in [2.45, 2.75) is 96.9 Å². The molecule has 2 aromatic rings. The van der Waals surface area contributed by atoms with Gasteiger partial charge in [-0.1, -0.05) is 95.2 Å². The average molecular weight is 671 g/mol. The number of hydrogen-bond donors (Lipinski definition) is 0. The molecule has 0 saturated heterocycles. The predicted octanol–water partition coefficient (Wildman–Crippen LogP) is 13.0. The molecule has 2 aliphatic rings. The normalized spacial score (nSPS) is 16.5. The lowest BCUT2D eigenvalue weighted by Crippen LogP contribution is -2.27. The van der Waals surface area contributed by atoms with E-state index in [1.54, 1.807) is 12.4 Å². The number of allylic oxidation sites excluding steroid dienone is 10. The second-order valence-electron chi connectivity index (χ2n) is 17.6. The van der Waals surface area contributed by atoms with Gasteiger partial charge in [0.15, 0.2) is 11.6 Å². The molecule has 0 amide bonds. The third-order valence-electron chi connectivity index (χ3n) is 8.93. The maximum Gasteiger partial charge on any atom is 0.186 e. The van der Waals surface area contributed by atoms with Crippen LogP contribution in [0.2, 0.25) is 0 Å². The Morgan fingerprint density at radius 1 is 0.500 bits per heavy atom. The second kappa shape index (κ2) is 14.0. The van der Waals surface area contributed by atoms with Gasteiger partial charge in [-0.15, -0.1) is 0 Å². The number of carbonyl (C=O) groups excluding carboxylic acids is 2. The van der Waals surface area contributed by atoms with Gasteiger partial charge in [-0.05, 0) is 117 Å². The van der Waals surface area contributed by atoms with Gasteiger partial charge in [0.2, 0.25) is 0 Å². The molecule has 0 fully saturated rings. The number of hydrogen-bond acceptors (Lipinski definition) is 6. The highest BCUT2D eigenvalue weighted by Gasteiger charge is 2.35. The Bertz CT molecular complexity index is 1870. The molecule has 0 saturated carbocycles. The van der Waals surface area contributed by atoms with Gasteiger partial charge in [-0.3, -0.25) is 9.59 Å². The van der Waals surface area contributed by atoms with E-state index in [2.05, 4.69) is 123 Å². The molecule has 0 heterocycles. The van der Waals surface area contributed by atoms with Gasteiger partial charge in [-0.2, -0.15) is 20.5 Å². The summed E-state index contributed by atoms with van der Waals surface area (Å²) in [5.41, 5.74) is 9.57. The van der Waals surface area contributed by atoms with Crippen LogP contribution in [0.4, 0.5) is 11.4 Å². The van der Waals surface area contributed by atoms with Gasteiger partial charge >= 0.3 is 0 Å². The predicted molar refractivity (Wildman–Crippen MR) is 207 cm³/mol. The zero-order chi connectivity index (χ0) is 37.4. The van der Waals surface area contributed by atoms with Crippen LogP contribution in [0.1, 0.15) is 94.2 Å². The topological polar surface area (TPSA) is 83.6 Å². The number of Topliss-reactive ketones (excluding diaryl/α,β-unsaturated/α-hetero) is 2. The first-order valence-corrected chi connectivity index (χ1v) is 17.4. The van der Waals surface area contributed by atoms with Crippen LogP contribution in [0.25, 0.3) is 11.1 Å². The molecule has 2 aromatic carbocycles. The fourth-order valence-corrected chi connectivity index (χ4v) is 5.93. The highest BCUT2D eigenvalue weighted by Crippen LogP contribution is 2.40. The summed E-state index contributed by atoms with van der Waals surface area (Å²) >= 11 is 0. The molecule has 0 atom stereocenters. The molecule has 0 radical (unpaired) electrons. The van der Waals surface area contributed by atoms with Crippen LogP contribution < -0.4 is 0 Å². The Kier molecular flexibility index (Phi) is 10.7. The van der Waals surface area contributed by atoms with Gasteiger partial charge in [-0.25, -0.2) is 0 Å². The minimum Gasteiger partial charge on any atom is -0.289 e. The van der Waals surface area contributed by atoms with Crippen molar-refractivity contribution in [1.29, 1.82) is 0 Å². The average Bonchev–Trinajstić information content (AvgIpc) is 2.98. The quantitative estimate of drug-likeness (QED) is 0.297. The standard InChI is InChI=1S/C44H54N4O2/c1-27-20-38(48-46-26-30-23-36(43(9,10)11)40(50)37(24-30)44(12,13)14)28(2)19-33(27)31-15-17-32(18-16-31)47-45-25-29-21-34(41(3,4)5)39(49)35(22-29)42(6,7)8/h15-26H,1-14H3. The fourth-order valence-electron chi connectivity index (χ4n) is 5.93. The lowest BCUT2D eigenvalue weighted by atomic mass is 9.72. The highest BCUT2D eigenvalue weighted by atomic mass is 16.1. The van der Waals surface area contributed by atoms with Crippen molar-refractivity contribution in [3.8, 4) is 11.1 Å². The summed E-state index contributed by atoms with van der Waals surface area (Å²) in [7, 11) is 0. The summed E-state index contributed by atoms with van der Waals surface area (Å²) in [5, 5.41) is 17.8. The van der Waals surface area contributed by atoms with Crippen LogP contribution in [0.3, 0.4) is 0 Å². The Morgan fingerprint density at radius 2 is 0.880 bits per heavy atom. The molecule has 262 valence electrons. The Hall–Kier alpha value is -4.58. The Labute approximate surface area is 299 Å². The second-order valence-corrected chi connectivity index (χ2v) is 17.6. The molecule has 6 nitrogen and oxygen atoms in total. The minimum absolute atomic E-state index is 0.103. The van der Waals surface area contributed by atoms with E-state index in [1.807, 2.05) is 55.5 Å². The van der Waals surface area contributed by atoms with E-state index in [1.165, 1.54) is 0 Å². The molecule has 0 aromatic heterocycles. The van der Waals surface area contributed by atoms with Crippen molar-refractivity contribution >= 4 is 22.9 Å². The molecule has 0 spiro atoms. The van der Waals surface area contributed by atoms with Crippen molar-refractivity contribution in [3.63, 3.8) is 0 Å². The highest BCUT2D eigenvalue weighted by molar-refractivity contribution is 6.12. The Morgan fingerprint density at radius 3 is 1.26 bits per heavy atom. The molecule has 0 bridgehead atoms. The van der Waals surface area contributed by atoms with Crippen LogP contribution in [0.5, 0.6) is 0 Å². The molecule has 6 heteroatoms. The van der Waals surface area contributed by atoms with Crippen molar-refractivity contribution in [2.75, 3.05) is 0 Å². The molecule has 0 N–H and O–H groups in total. The molecule has 0 unspecified atom stereocenters. The lowest BCUT2D eigenvalue weighted by Gasteiger charge is -2.31. The van der Waals surface area contributed by atoms with Crippen molar-refractivity contribution in [2.24, 2.45) is 42.1 Å². The van der Waals surface area contributed by atoms with Crippen molar-refractivity contribution < 1.29 is 9.59 Å². The fraction of sp³-hybridized carbons (Fsp3) is 0.409. The van der Waals surface area contributed by atoms with E-state index in [0.717, 1.165) is 67.1 Å². The van der Waals surface area contributed by atoms with Gasteiger partial charge in [0.25, 0.3) is 0 Å². The zero-order valence-electron chi connectivity index (χ0n) is 32.5. The van der Waals surface area contributed by atoms with Crippen LogP contribution in [-0.4, -0.2) is 11.6 Å². The molecule has 50 heavy (non-hydrogen) atoms. The number of aryl methyl sites for hydroxylation is 2. The summed E-state index contributed by atoms with van der Waals surface area (Å²) in [4.78, 5) is 26.5. The van der Waals surface area contributed by atoms with E-state index < -0.39 is 0 Å². The number of benzene rings is 2. The summed E-state index contributed by atoms with van der Waals surface area (Å²) < 4.78 is 0. The SMILES string of the molecule is Cc1cc(-c2ccc(N=NC=C3C=C(C(C)(C)C)C(=O)C(C(C)(C)C)=C3)cc2)c(C)cc1N=NC=C1C=C(C(C)(C)C)C(=O)C(C(C)(C)C)=C1. The summed E-state index contributed by atoms with van der Waals surface area (Å²) in [5.74, 6) is 0.207. The number of azo groups is 2. The van der Waals surface area contributed by atoms with Crippen LogP contribution in [0, 0.1) is 35.5 Å². The number of carbonyl (C=O) groups is 2. The van der Waals surface area contributed by atoms with E-state index in [-0.39, 0.29) is 33.2 Å². The van der Waals surface area contributed by atoms with E-state index in [0.29, 0.717) is 0 Å². The van der Waals surface area contributed by atoms with Gasteiger partial charge in [0.1, 0.15) is 0 Å². The van der Waals surface area contributed by atoms with Gasteiger partial charge in [0, 0.05) is 22.3 Å². The molecule has 0 aliphatic heterocycles. The van der Waals surface area contributed by atoms with Crippen molar-refractivity contribution in [1.82, 2.24) is 0 Å².